The first kappa shape index (κ1) is 13.2. The number of phenols is 1. The second kappa shape index (κ2) is 6.07. The highest BCUT2D eigenvalue weighted by Crippen LogP contribution is 2.26. The van der Waals surface area contributed by atoms with Crippen LogP contribution in [0.2, 0.25) is 0 Å². The topological polar surface area (TPSA) is 50.7 Å². The van der Waals surface area contributed by atoms with Gasteiger partial charge in [0.15, 0.2) is 0 Å². The Kier molecular flexibility index (Phi) is 4.44. The minimum absolute atomic E-state index is 0.309. The van der Waals surface area contributed by atoms with Crippen LogP contribution in [0.3, 0.4) is 0 Å². The Morgan fingerprint density at radius 3 is 2.83 bits per heavy atom. The summed E-state index contributed by atoms with van der Waals surface area (Å²) in [5.41, 5.74) is 0.870. The lowest BCUT2D eigenvalue weighted by molar-refractivity contribution is -0.0102. The minimum Gasteiger partial charge on any atom is -0.508 e. The number of phenolic OH excluding ortho intramolecular Hbond substituents is 1. The van der Waals surface area contributed by atoms with Gasteiger partial charge in [-0.3, -0.25) is 0 Å². The summed E-state index contributed by atoms with van der Waals surface area (Å²) in [5, 5.41) is 13.2. The van der Waals surface area contributed by atoms with Crippen molar-refractivity contribution in [1.82, 2.24) is 5.32 Å². The van der Waals surface area contributed by atoms with E-state index in [1.54, 1.807) is 19.2 Å². The number of ether oxygens (including phenoxy) is 2. The SMILES string of the molecule is CCOC1CC(NCc2cc(OC)ccc2O)C1. The van der Waals surface area contributed by atoms with E-state index in [9.17, 15) is 5.11 Å². The molecule has 0 aromatic heterocycles. The molecule has 0 spiro atoms. The van der Waals surface area contributed by atoms with Crippen molar-refractivity contribution in [2.45, 2.75) is 38.5 Å². The summed E-state index contributed by atoms with van der Waals surface area (Å²) < 4.78 is 10.7. The van der Waals surface area contributed by atoms with Crippen molar-refractivity contribution < 1.29 is 14.6 Å². The molecule has 4 heteroatoms. The van der Waals surface area contributed by atoms with Crippen LogP contribution in [0.4, 0.5) is 0 Å². The summed E-state index contributed by atoms with van der Waals surface area (Å²) >= 11 is 0. The minimum atomic E-state index is 0.309. The van der Waals surface area contributed by atoms with Crippen molar-refractivity contribution in [3.63, 3.8) is 0 Å². The molecule has 2 N–H and O–H groups in total. The van der Waals surface area contributed by atoms with Gasteiger partial charge in [0.25, 0.3) is 0 Å². The number of benzene rings is 1. The average Bonchev–Trinajstić information content (AvgIpc) is 2.33. The van der Waals surface area contributed by atoms with Crippen LogP contribution >= 0.6 is 0 Å². The van der Waals surface area contributed by atoms with Crippen LogP contribution in [-0.4, -0.2) is 31.0 Å². The molecular formula is C14H21NO3. The zero-order chi connectivity index (χ0) is 13.0. The molecule has 1 aromatic rings. The Labute approximate surface area is 108 Å². The smallest absolute Gasteiger partial charge is 0.120 e. The summed E-state index contributed by atoms with van der Waals surface area (Å²) in [6, 6.07) is 5.78. The molecule has 0 atom stereocenters. The molecule has 0 radical (unpaired) electrons. The number of nitrogens with one attached hydrogen (secondary N) is 1. The van der Waals surface area contributed by atoms with Crippen LogP contribution in [0, 0.1) is 0 Å². The van der Waals surface area contributed by atoms with Gasteiger partial charge in [0.1, 0.15) is 11.5 Å². The molecule has 100 valence electrons. The maximum Gasteiger partial charge on any atom is 0.120 e. The van der Waals surface area contributed by atoms with E-state index in [-0.39, 0.29) is 0 Å². The van der Waals surface area contributed by atoms with E-state index in [0.29, 0.717) is 24.4 Å². The van der Waals surface area contributed by atoms with E-state index in [0.717, 1.165) is 30.8 Å². The fraction of sp³-hybridized carbons (Fsp3) is 0.571. The quantitative estimate of drug-likeness (QED) is 0.812. The average molecular weight is 251 g/mol. The molecule has 1 aliphatic rings. The molecule has 1 aromatic carbocycles. The van der Waals surface area contributed by atoms with Crippen molar-refractivity contribution in [1.29, 1.82) is 0 Å². The third-order valence-corrected chi connectivity index (χ3v) is 3.37. The van der Waals surface area contributed by atoms with E-state index in [1.807, 2.05) is 13.0 Å². The van der Waals surface area contributed by atoms with Crippen LogP contribution in [0.1, 0.15) is 25.3 Å². The van der Waals surface area contributed by atoms with Gasteiger partial charge < -0.3 is 19.9 Å². The van der Waals surface area contributed by atoms with Crippen molar-refractivity contribution in [2.24, 2.45) is 0 Å². The molecule has 4 nitrogen and oxygen atoms in total. The molecular weight excluding hydrogens is 230 g/mol. The number of aromatic hydroxyl groups is 1. The summed E-state index contributed by atoms with van der Waals surface area (Å²) in [5.74, 6) is 1.08. The van der Waals surface area contributed by atoms with Crippen LogP contribution in [0.25, 0.3) is 0 Å². The number of methoxy groups -OCH3 is 1. The predicted molar refractivity (Wildman–Crippen MR) is 69.9 cm³/mol. The van der Waals surface area contributed by atoms with E-state index >= 15 is 0 Å². The maximum atomic E-state index is 9.75. The van der Waals surface area contributed by atoms with E-state index in [4.69, 9.17) is 9.47 Å². The fourth-order valence-electron chi connectivity index (χ4n) is 2.19. The molecule has 0 heterocycles. The van der Waals surface area contributed by atoms with Crippen molar-refractivity contribution >= 4 is 0 Å². The zero-order valence-corrected chi connectivity index (χ0v) is 11.0. The highest BCUT2D eigenvalue weighted by Gasteiger charge is 2.28. The Balaban J connectivity index is 1.80. The molecule has 18 heavy (non-hydrogen) atoms. The summed E-state index contributed by atoms with van der Waals surface area (Å²) in [6.07, 6.45) is 2.52. The molecule has 0 bridgehead atoms. The molecule has 2 rings (SSSR count). The Hall–Kier alpha value is -1.26. The monoisotopic (exact) mass is 251 g/mol. The lowest BCUT2D eigenvalue weighted by atomic mass is 9.89. The van der Waals surface area contributed by atoms with Gasteiger partial charge in [0, 0.05) is 24.8 Å². The first-order chi connectivity index (χ1) is 8.72. The van der Waals surface area contributed by atoms with Crippen molar-refractivity contribution in [3.05, 3.63) is 23.8 Å². The van der Waals surface area contributed by atoms with Crippen molar-refractivity contribution in [3.8, 4) is 11.5 Å². The van der Waals surface area contributed by atoms with Gasteiger partial charge in [-0.2, -0.15) is 0 Å². The Morgan fingerprint density at radius 1 is 1.39 bits per heavy atom. The highest BCUT2D eigenvalue weighted by molar-refractivity contribution is 5.39. The molecule has 0 amide bonds. The van der Waals surface area contributed by atoms with E-state index < -0.39 is 0 Å². The van der Waals surface area contributed by atoms with E-state index in [1.165, 1.54) is 0 Å². The standard InChI is InChI=1S/C14H21NO3/c1-3-18-13-7-11(8-13)15-9-10-6-12(17-2)4-5-14(10)16/h4-6,11,13,15-16H,3,7-9H2,1-2H3. The normalized spacial score (nSPS) is 22.6. The van der Waals surface area contributed by atoms with E-state index in [2.05, 4.69) is 5.32 Å². The summed E-state index contributed by atoms with van der Waals surface area (Å²) in [7, 11) is 1.63. The second-order valence-electron chi connectivity index (χ2n) is 4.62. The zero-order valence-electron chi connectivity index (χ0n) is 11.0. The lowest BCUT2D eigenvalue weighted by Crippen LogP contribution is -2.45. The molecule has 0 unspecified atom stereocenters. The van der Waals surface area contributed by atoms with Crippen LogP contribution in [0.5, 0.6) is 11.5 Å². The maximum absolute atomic E-state index is 9.75. The predicted octanol–water partition coefficient (Wildman–Crippen LogP) is 2.06. The van der Waals surface area contributed by atoms with Crippen LogP contribution in [-0.2, 0) is 11.3 Å². The van der Waals surface area contributed by atoms with Crippen LogP contribution < -0.4 is 10.1 Å². The van der Waals surface area contributed by atoms with Crippen molar-refractivity contribution in [2.75, 3.05) is 13.7 Å². The van der Waals surface area contributed by atoms with Crippen LogP contribution in [0.15, 0.2) is 18.2 Å². The summed E-state index contributed by atoms with van der Waals surface area (Å²) in [6.45, 7) is 3.47. The largest absolute Gasteiger partial charge is 0.508 e. The van der Waals surface area contributed by atoms with Gasteiger partial charge in [0.2, 0.25) is 0 Å². The van der Waals surface area contributed by atoms with Gasteiger partial charge in [-0.15, -0.1) is 0 Å². The number of hydrogen-bond acceptors (Lipinski definition) is 4. The Morgan fingerprint density at radius 2 is 2.17 bits per heavy atom. The molecule has 0 aliphatic heterocycles. The molecule has 1 fully saturated rings. The van der Waals surface area contributed by atoms with Gasteiger partial charge in [-0.05, 0) is 38.0 Å². The first-order valence-electron chi connectivity index (χ1n) is 6.43. The molecule has 1 saturated carbocycles. The van der Waals surface area contributed by atoms with Gasteiger partial charge >= 0.3 is 0 Å². The second-order valence-corrected chi connectivity index (χ2v) is 4.62. The molecule has 1 aliphatic carbocycles. The lowest BCUT2D eigenvalue weighted by Gasteiger charge is -2.35. The van der Waals surface area contributed by atoms with Gasteiger partial charge in [-0.25, -0.2) is 0 Å². The fourth-order valence-corrected chi connectivity index (χ4v) is 2.19. The van der Waals surface area contributed by atoms with Gasteiger partial charge in [0.05, 0.1) is 13.2 Å². The van der Waals surface area contributed by atoms with Gasteiger partial charge in [-0.1, -0.05) is 0 Å². The number of rotatable bonds is 6. The first-order valence-corrected chi connectivity index (χ1v) is 6.43. The third kappa shape index (κ3) is 3.15. The highest BCUT2D eigenvalue weighted by atomic mass is 16.5. The summed E-state index contributed by atoms with van der Waals surface area (Å²) in [4.78, 5) is 0. The Bertz CT molecular complexity index is 389. The molecule has 0 saturated heterocycles. The third-order valence-electron chi connectivity index (χ3n) is 3.37. The number of hydrogen-bond donors (Lipinski definition) is 2.